The number of carbonyl (C=O) groups excluding carboxylic acids is 1. The molecule has 1 atom stereocenters. The zero-order valence-corrected chi connectivity index (χ0v) is 12.4. The summed E-state index contributed by atoms with van der Waals surface area (Å²) in [5.74, 6) is -3.79. The molecule has 0 bridgehead atoms. The molecule has 1 aromatic heterocycles. The van der Waals surface area contributed by atoms with Crippen LogP contribution in [0, 0.1) is 12.8 Å². The Bertz CT molecular complexity index is 490. The number of nitrogens with zero attached hydrogens (tertiary/aromatic N) is 3. The molecule has 0 N–H and O–H groups in total. The standard InChI is InChI=1S/C14H21F2N3O2/c1-11-7-17-19(8-11)5-3-13(20)18-6-4-14(15,16)12(9-18)10-21-2/h7-8,12H,3-6,9-10H2,1-2H3. The summed E-state index contributed by atoms with van der Waals surface area (Å²) in [6.07, 6.45) is 3.55. The molecule has 2 heterocycles. The van der Waals surface area contributed by atoms with Crippen LogP contribution in [0.3, 0.4) is 0 Å². The molecule has 2 rings (SSSR count). The molecule has 1 fully saturated rings. The molecule has 1 aliphatic heterocycles. The summed E-state index contributed by atoms with van der Waals surface area (Å²) in [6.45, 7) is 2.51. The molecule has 0 aromatic carbocycles. The highest BCUT2D eigenvalue weighted by Crippen LogP contribution is 2.33. The van der Waals surface area contributed by atoms with Crippen molar-refractivity contribution in [2.24, 2.45) is 5.92 Å². The van der Waals surface area contributed by atoms with Gasteiger partial charge in [0.05, 0.1) is 18.7 Å². The van der Waals surface area contributed by atoms with Crippen molar-refractivity contribution in [1.82, 2.24) is 14.7 Å². The van der Waals surface area contributed by atoms with Crippen molar-refractivity contribution in [3.63, 3.8) is 0 Å². The summed E-state index contributed by atoms with van der Waals surface area (Å²) < 4.78 is 34.0. The Morgan fingerprint density at radius 3 is 2.95 bits per heavy atom. The van der Waals surface area contributed by atoms with Gasteiger partial charge in [-0.3, -0.25) is 9.48 Å². The molecule has 1 aromatic rings. The van der Waals surface area contributed by atoms with E-state index in [-0.39, 0.29) is 38.4 Å². The Morgan fingerprint density at radius 1 is 1.57 bits per heavy atom. The predicted octanol–water partition coefficient (Wildman–Crippen LogP) is 1.71. The lowest BCUT2D eigenvalue weighted by Gasteiger charge is -2.38. The van der Waals surface area contributed by atoms with Gasteiger partial charge >= 0.3 is 0 Å². The average Bonchev–Trinajstić information content (AvgIpc) is 2.84. The van der Waals surface area contributed by atoms with Crippen molar-refractivity contribution in [3.8, 4) is 0 Å². The van der Waals surface area contributed by atoms with Crippen molar-refractivity contribution in [3.05, 3.63) is 18.0 Å². The highest BCUT2D eigenvalue weighted by atomic mass is 19.3. The number of aromatic nitrogens is 2. The number of piperidine rings is 1. The van der Waals surface area contributed by atoms with Crippen LogP contribution >= 0.6 is 0 Å². The van der Waals surface area contributed by atoms with E-state index in [1.54, 1.807) is 10.9 Å². The van der Waals surface area contributed by atoms with Crippen molar-refractivity contribution < 1.29 is 18.3 Å². The first kappa shape index (κ1) is 15.9. The fraction of sp³-hybridized carbons (Fsp3) is 0.714. The van der Waals surface area contributed by atoms with E-state index in [1.807, 2.05) is 13.1 Å². The minimum Gasteiger partial charge on any atom is -0.384 e. The molecule has 118 valence electrons. The Labute approximate surface area is 122 Å². The molecule has 0 spiro atoms. The maximum Gasteiger partial charge on any atom is 0.256 e. The lowest BCUT2D eigenvalue weighted by molar-refractivity contribution is -0.150. The summed E-state index contributed by atoms with van der Waals surface area (Å²) in [5, 5.41) is 4.11. The van der Waals surface area contributed by atoms with E-state index in [2.05, 4.69) is 5.10 Å². The number of hydrogen-bond acceptors (Lipinski definition) is 3. The molecular formula is C14H21F2N3O2. The lowest BCUT2D eigenvalue weighted by atomic mass is 9.94. The van der Waals surface area contributed by atoms with Gasteiger partial charge in [-0.25, -0.2) is 8.78 Å². The third-order valence-electron chi connectivity index (χ3n) is 3.79. The second-order valence-corrected chi connectivity index (χ2v) is 5.53. The van der Waals surface area contributed by atoms with Crippen LogP contribution in [0.25, 0.3) is 0 Å². The molecule has 21 heavy (non-hydrogen) atoms. The number of aryl methyl sites for hydroxylation is 2. The zero-order chi connectivity index (χ0) is 15.5. The zero-order valence-electron chi connectivity index (χ0n) is 12.4. The van der Waals surface area contributed by atoms with E-state index in [0.717, 1.165) is 5.56 Å². The molecule has 0 radical (unpaired) electrons. The van der Waals surface area contributed by atoms with Gasteiger partial charge in [0.15, 0.2) is 0 Å². The van der Waals surface area contributed by atoms with Gasteiger partial charge in [-0.05, 0) is 12.5 Å². The van der Waals surface area contributed by atoms with Crippen LogP contribution in [0.1, 0.15) is 18.4 Å². The van der Waals surface area contributed by atoms with Crippen LogP contribution < -0.4 is 0 Å². The third kappa shape index (κ3) is 4.00. The van der Waals surface area contributed by atoms with Crippen LogP contribution in [-0.4, -0.2) is 53.3 Å². The quantitative estimate of drug-likeness (QED) is 0.832. The van der Waals surface area contributed by atoms with Gasteiger partial charge < -0.3 is 9.64 Å². The van der Waals surface area contributed by atoms with Gasteiger partial charge in [-0.15, -0.1) is 0 Å². The summed E-state index contributed by atoms with van der Waals surface area (Å²) in [4.78, 5) is 13.6. The van der Waals surface area contributed by atoms with Crippen molar-refractivity contribution in [2.45, 2.75) is 32.2 Å². The fourth-order valence-corrected chi connectivity index (χ4v) is 2.54. The minimum atomic E-state index is -2.76. The Hall–Kier alpha value is -1.50. The van der Waals surface area contributed by atoms with Crippen LogP contribution in [0.2, 0.25) is 0 Å². The van der Waals surface area contributed by atoms with Gasteiger partial charge in [0.2, 0.25) is 5.91 Å². The number of alkyl halides is 2. The molecule has 1 saturated heterocycles. The summed E-state index contributed by atoms with van der Waals surface area (Å²) in [7, 11) is 1.40. The fourth-order valence-electron chi connectivity index (χ4n) is 2.54. The summed E-state index contributed by atoms with van der Waals surface area (Å²) >= 11 is 0. The first-order chi connectivity index (χ1) is 9.92. The number of ether oxygens (including phenoxy) is 1. The molecule has 7 heteroatoms. The SMILES string of the molecule is COCC1CN(C(=O)CCn2cc(C)cn2)CCC1(F)F. The Kier molecular flexibility index (Phi) is 4.92. The van der Waals surface area contributed by atoms with E-state index in [4.69, 9.17) is 4.74 Å². The van der Waals surface area contributed by atoms with Crippen molar-refractivity contribution in [2.75, 3.05) is 26.8 Å². The Balaban J connectivity index is 1.87. The van der Waals surface area contributed by atoms with Gasteiger partial charge in [0, 0.05) is 45.8 Å². The van der Waals surface area contributed by atoms with E-state index in [9.17, 15) is 13.6 Å². The van der Waals surface area contributed by atoms with Crippen LogP contribution in [0.15, 0.2) is 12.4 Å². The second-order valence-electron chi connectivity index (χ2n) is 5.53. The largest absolute Gasteiger partial charge is 0.384 e. The summed E-state index contributed by atoms with van der Waals surface area (Å²) in [5.41, 5.74) is 1.03. The van der Waals surface area contributed by atoms with Gasteiger partial charge in [0.1, 0.15) is 0 Å². The lowest BCUT2D eigenvalue weighted by Crippen LogP contribution is -2.50. The maximum absolute atomic E-state index is 13.7. The molecule has 5 nitrogen and oxygen atoms in total. The normalized spacial score (nSPS) is 21.5. The number of likely N-dealkylation sites (tertiary alicyclic amines) is 1. The van der Waals surface area contributed by atoms with Crippen LogP contribution in [0.5, 0.6) is 0 Å². The topological polar surface area (TPSA) is 47.4 Å². The first-order valence-electron chi connectivity index (χ1n) is 7.06. The molecule has 1 unspecified atom stereocenters. The highest BCUT2D eigenvalue weighted by molar-refractivity contribution is 5.76. The minimum absolute atomic E-state index is 0.0326. The maximum atomic E-state index is 13.7. The highest BCUT2D eigenvalue weighted by Gasteiger charge is 2.44. The van der Waals surface area contributed by atoms with Gasteiger partial charge in [-0.2, -0.15) is 5.10 Å². The van der Waals surface area contributed by atoms with Gasteiger partial charge in [-0.1, -0.05) is 0 Å². The molecule has 0 saturated carbocycles. The predicted molar refractivity (Wildman–Crippen MR) is 73.1 cm³/mol. The smallest absolute Gasteiger partial charge is 0.256 e. The van der Waals surface area contributed by atoms with E-state index < -0.39 is 11.8 Å². The van der Waals surface area contributed by atoms with E-state index >= 15 is 0 Å². The monoisotopic (exact) mass is 301 g/mol. The van der Waals surface area contributed by atoms with E-state index in [0.29, 0.717) is 6.54 Å². The van der Waals surface area contributed by atoms with Crippen LogP contribution in [-0.2, 0) is 16.1 Å². The van der Waals surface area contributed by atoms with Crippen LogP contribution in [0.4, 0.5) is 8.78 Å². The van der Waals surface area contributed by atoms with Gasteiger partial charge in [0.25, 0.3) is 5.92 Å². The Morgan fingerprint density at radius 2 is 2.33 bits per heavy atom. The third-order valence-corrected chi connectivity index (χ3v) is 3.79. The number of methoxy groups -OCH3 is 1. The number of halogens is 2. The first-order valence-corrected chi connectivity index (χ1v) is 7.06. The molecule has 0 aliphatic carbocycles. The summed E-state index contributed by atoms with van der Waals surface area (Å²) in [6, 6.07) is 0. The molecule has 1 amide bonds. The van der Waals surface area contributed by atoms with E-state index in [1.165, 1.54) is 12.0 Å². The average molecular weight is 301 g/mol. The number of hydrogen-bond donors (Lipinski definition) is 0. The molecular weight excluding hydrogens is 280 g/mol. The molecule has 1 aliphatic rings. The number of amides is 1. The number of carbonyl (C=O) groups is 1. The number of rotatable bonds is 5. The second kappa shape index (κ2) is 6.51. The van der Waals surface area contributed by atoms with Crippen molar-refractivity contribution >= 4 is 5.91 Å². The van der Waals surface area contributed by atoms with Crippen molar-refractivity contribution in [1.29, 1.82) is 0 Å².